The highest BCUT2D eigenvalue weighted by molar-refractivity contribution is 6.36. The number of hydrogen-bond donors (Lipinski definition) is 1. The Morgan fingerprint density at radius 1 is 1.08 bits per heavy atom. The number of para-hydroxylation sites is 1. The highest BCUT2D eigenvalue weighted by atomic mass is 35.5. The number of esters is 1. The number of ether oxygens (including phenoxy) is 1. The van der Waals surface area contributed by atoms with Gasteiger partial charge in [-0.25, -0.2) is 9.78 Å². The van der Waals surface area contributed by atoms with E-state index in [1.54, 1.807) is 24.3 Å². The second-order valence-electron chi connectivity index (χ2n) is 6.02. The van der Waals surface area contributed by atoms with E-state index in [4.69, 9.17) is 27.9 Å². The van der Waals surface area contributed by atoms with Crippen LogP contribution in [0.5, 0.6) is 0 Å². The van der Waals surface area contributed by atoms with Crippen LogP contribution in [0.3, 0.4) is 0 Å². The molecule has 0 aliphatic heterocycles. The molecule has 0 atom stereocenters. The summed E-state index contributed by atoms with van der Waals surface area (Å²) in [6.07, 6.45) is 0. The fraction of sp³-hybridized carbons (Fsp3) is 0.100. The summed E-state index contributed by atoms with van der Waals surface area (Å²) in [7, 11) is 1.34. The molecule has 2 aromatic carbocycles. The van der Waals surface area contributed by atoms with Gasteiger partial charge < -0.3 is 9.72 Å². The van der Waals surface area contributed by atoms with Crippen molar-refractivity contribution >= 4 is 51.0 Å². The van der Waals surface area contributed by atoms with Crippen molar-refractivity contribution in [2.45, 2.75) is 6.92 Å². The first kappa shape index (κ1) is 16.9. The number of hydrogen-bond acceptors (Lipinski definition) is 3. The van der Waals surface area contributed by atoms with Crippen LogP contribution in [0.25, 0.3) is 33.1 Å². The number of benzene rings is 2. The fourth-order valence-corrected chi connectivity index (χ4v) is 3.65. The zero-order valence-electron chi connectivity index (χ0n) is 14.1. The lowest BCUT2D eigenvalue weighted by atomic mass is 10.1. The molecule has 4 nitrogen and oxygen atoms in total. The number of nitrogens with one attached hydrogen (secondary N) is 1. The van der Waals surface area contributed by atoms with Crippen molar-refractivity contribution in [3.05, 3.63) is 63.8 Å². The Labute approximate surface area is 159 Å². The van der Waals surface area contributed by atoms with E-state index in [0.717, 1.165) is 27.4 Å². The van der Waals surface area contributed by atoms with Gasteiger partial charge in [0.1, 0.15) is 5.69 Å². The zero-order valence-corrected chi connectivity index (χ0v) is 15.6. The number of halogens is 2. The number of nitrogens with zero attached hydrogens (tertiary/aromatic N) is 1. The van der Waals surface area contributed by atoms with E-state index < -0.39 is 5.97 Å². The number of aromatic amines is 1. The van der Waals surface area contributed by atoms with Crippen molar-refractivity contribution in [3.63, 3.8) is 0 Å². The summed E-state index contributed by atoms with van der Waals surface area (Å²) >= 11 is 12.4. The van der Waals surface area contributed by atoms with Gasteiger partial charge in [0.2, 0.25) is 0 Å². The van der Waals surface area contributed by atoms with Gasteiger partial charge in [-0.3, -0.25) is 0 Å². The van der Waals surface area contributed by atoms with Crippen LogP contribution in [0.4, 0.5) is 0 Å². The first-order valence-corrected chi connectivity index (χ1v) is 8.71. The van der Waals surface area contributed by atoms with Crippen molar-refractivity contribution in [2.24, 2.45) is 0 Å². The van der Waals surface area contributed by atoms with Crippen LogP contribution in [0.1, 0.15) is 16.1 Å². The number of carbonyl (C=O) groups excluding carboxylic acids is 1. The van der Waals surface area contributed by atoms with Crippen LogP contribution >= 0.6 is 23.2 Å². The Morgan fingerprint density at radius 3 is 2.62 bits per heavy atom. The highest BCUT2D eigenvalue weighted by Crippen LogP contribution is 2.37. The Balaban J connectivity index is 2.14. The summed E-state index contributed by atoms with van der Waals surface area (Å²) in [6.45, 7) is 2.03. The molecule has 0 aliphatic carbocycles. The second kappa shape index (κ2) is 6.31. The third-order valence-electron chi connectivity index (χ3n) is 4.41. The molecule has 0 bridgehead atoms. The normalized spacial score (nSPS) is 11.2. The molecule has 2 aromatic heterocycles. The van der Waals surface area contributed by atoms with Crippen LogP contribution < -0.4 is 0 Å². The van der Waals surface area contributed by atoms with E-state index in [-0.39, 0.29) is 5.69 Å². The summed E-state index contributed by atoms with van der Waals surface area (Å²) in [4.78, 5) is 20.1. The smallest absolute Gasteiger partial charge is 0.356 e. The van der Waals surface area contributed by atoms with Gasteiger partial charge in [-0.15, -0.1) is 0 Å². The van der Waals surface area contributed by atoms with Crippen LogP contribution in [-0.4, -0.2) is 23.0 Å². The van der Waals surface area contributed by atoms with Crippen LogP contribution in [0.2, 0.25) is 10.0 Å². The molecule has 0 amide bonds. The summed E-state index contributed by atoms with van der Waals surface area (Å²) in [5, 5.41) is 2.90. The van der Waals surface area contributed by atoms with Gasteiger partial charge in [0.25, 0.3) is 0 Å². The largest absolute Gasteiger partial charge is 0.464 e. The van der Waals surface area contributed by atoms with Gasteiger partial charge in [-0.05, 0) is 36.8 Å². The van der Waals surface area contributed by atoms with E-state index in [0.29, 0.717) is 21.3 Å². The first-order chi connectivity index (χ1) is 12.5. The lowest BCUT2D eigenvalue weighted by Crippen LogP contribution is -2.05. The molecule has 6 heteroatoms. The summed E-state index contributed by atoms with van der Waals surface area (Å²) in [5.74, 6) is -0.500. The third-order valence-corrected chi connectivity index (χ3v) is 4.96. The fourth-order valence-electron chi connectivity index (χ4n) is 3.15. The van der Waals surface area contributed by atoms with E-state index in [9.17, 15) is 4.79 Å². The molecule has 0 unspecified atom stereocenters. The molecule has 2 heterocycles. The average Bonchev–Trinajstić information content (AvgIpc) is 3.01. The Kier molecular flexibility index (Phi) is 4.10. The topological polar surface area (TPSA) is 55.0 Å². The monoisotopic (exact) mass is 384 g/mol. The molecule has 0 saturated carbocycles. The number of aromatic nitrogens is 2. The number of aryl methyl sites for hydroxylation is 1. The average molecular weight is 385 g/mol. The van der Waals surface area contributed by atoms with Crippen molar-refractivity contribution in [2.75, 3.05) is 7.11 Å². The van der Waals surface area contributed by atoms with E-state index in [1.165, 1.54) is 7.11 Å². The molecule has 26 heavy (non-hydrogen) atoms. The summed E-state index contributed by atoms with van der Waals surface area (Å²) < 4.78 is 4.87. The predicted octanol–water partition coefficient (Wildman–Crippen LogP) is 5.78. The van der Waals surface area contributed by atoms with E-state index in [1.807, 2.05) is 25.1 Å². The van der Waals surface area contributed by atoms with Crippen LogP contribution in [-0.2, 0) is 4.74 Å². The highest BCUT2D eigenvalue weighted by Gasteiger charge is 2.19. The maximum atomic E-state index is 12.2. The number of rotatable bonds is 2. The Bertz CT molecular complexity index is 1180. The van der Waals surface area contributed by atoms with Crippen molar-refractivity contribution in [1.82, 2.24) is 9.97 Å². The minimum atomic E-state index is -0.500. The van der Waals surface area contributed by atoms with E-state index in [2.05, 4.69) is 9.97 Å². The Hall–Kier alpha value is -2.56. The quantitative estimate of drug-likeness (QED) is 0.445. The van der Waals surface area contributed by atoms with Gasteiger partial charge in [0.05, 0.1) is 23.3 Å². The number of pyridine rings is 1. The van der Waals surface area contributed by atoms with Crippen molar-refractivity contribution in [3.8, 4) is 11.3 Å². The van der Waals surface area contributed by atoms with Gasteiger partial charge in [-0.1, -0.05) is 41.4 Å². The summed E-state index contributed by atoms with van der Waals surface area (Å²) in [5.41, 5.74) is 4.41. The lowest BCUT2D eigenvalue weighted by molar-refractivity contribution is 0.0594. The van der Waals surface area contributed by atoms with Gasteiger partial charge in [0.15, 0.2) is 0 Å². The maximum Gasteiger partial charge on any atom is 0.356 e. The van der Waals surface area contributed by atoms with Crippen molar-refractivity contribution in [1.29, 1.82) is 0 Å². The van der Waals surface area contributed by atoms with Crippen LogP contribution in [0.15, 0.2) is 42.5 Å². The molecule has 0 aliphatic rings. The molecule has 0 saturated heterocycles. The minimum Gasteiger partial charge on any atom is -0.464 e. The third kappa shape index (κ3) is 2.62. The molecular weight excluding hydrogens is 371 g/mol. The molecule has 1 N–H and O–H groups in total. The number of H-pyrrole nitrogens is 1. The number of carbonyl (C=O) groups is 1. The standard InChI is InChI=1S/C20H14Cl2N2O2/c1-10-4-3-5-12-14-9-16(20(25)26-2)23-18(19(14)24-17(10)12)13-7-6-11(21)8-15(13)22/h3-9,24H,1-2H3. The van der Waals surface area contributed by atoms with Gasteiger partial charge >= 0.3 is 5.97 Å². The maximum absolute atomic E-state index is 12.2. The number of methoxy groups -OCH3 is 1. The van der Waals surface area contributed by atoms with Crippen LogP contribution in [0, 0.1) is 6.92 Å². The molecule has 0 radical (unpaired) electrons. The molecular formula is C20H14Cl2N2O2. The first-order valence-electron chi connectivity index (χ1n) is 7.95. The second-order valence-corrected chi connectivity index (χ2v) is 6.86. The van der Waals surface area contributed by atoms with Gasteiger partial charge in [0, 0.05) is 26.9 Å². The van der Waals surface area contributed by atoms with Gasteiger partial charge in [-0.2, -0.15) is 0 Å². The minimum absolute atomic E-state index is 0.225. The molecule has 0 spiro atoms. The summed E-state index contributed by atoms with van der Waals surface area (Å²) in [6, 6.07) is 13.0. The molecule has 130 valence electrons. The number of fused-ring (bicyclic) bond motifs is 3. The molecule has 4 rings (SSSR count). The lowest BCUT2D eigenvalue weighted by Gasteiger charge is -2.08. The van der Waals surface area contributed by atoms with Crippen molar-refractivity contribution < 1.29 is 9.53 Å². The molecule has 4 aromatic rings. The predicted molar refractivity (Wildman–Crippen MR) is 105 cm³/mol. The van der Waals surface area contributed by atoms with E-state index >= 15 is 0 Å². The Morgan fingerprint density at radius 2 is 1.88 bits per heavy atom. The SMILES string of the molecule is COC(=O)c1cc2c([nH]c3c(C)cccc32)c(-c2ccc(Cl)cc2Cl)n1. The molecule has 0 fully saturated rings. The zero-order chi connectivity index (χ0) is 18.4.